The van der Waals surface area contributed by atoms with Crippen LogP contribution in [-0.4, -0.2) is 13.6 Å². The Morgan fingerprint density at radius 1 is 0.700 bits per heavy atom. The van der Waals surface area contributed by atoms with Crippen LogP contribution in [0, 0.1) is 0 Å². The van der Waals surface area contributed by atoms with Gasteiger partial charge in [-0.15, -0.1) is 0 Å². The van der Waals surface area contributed by atoms with Crippen molar-refractivity contribution in [1.29, 1.82) is 0 Å². The number of ether oxygens (including phenoxy) is 4. The maximum absolute atomic E-state index is 5.71. The van der Waals surface area contributed by atoms with Gasteiger partial charge in [-0.25, -0.2) is 0 Å². The van der Waals surface area contributed by atoms with E-state index in [9.17, 15) is 0 Å². The predicted molar refractivity (Wildman–Crippen MR) is 120 cm³/mol. The quantitative estimate of drug-likeness (QED) is 0.400. The fraction of sp³-hybridized carbons (Fsp3) is 0.333. The first-order chi connectivity index (χ1) is 14.5. The minimum atomic E-state index is 0.312. The lowest BCUT2D eigenvalue weighted by molar-refractivity contribution is 0.0731. The Labute approximate surface area is 192 Å². The molecule has 0 N–H and O–H groups in total. The molecular formula is C24H20Br2O4. The molecule has 6 heteroatoms. The molecule has 0 radical (unpaired) electrons. The summed E-state index contributed by atoms with van der Waals surface area (Å²) in [5, 5.41) is 0. The maximum Gasteiger partial charge on any atom is 0.230 e. The van der Waals surface area contributed by atoms with Gasteiger partial charge in [0.05, 0.1) is 8.96 Å². The van der Waals surface area contributed by atoms with Crippen molar-refractivity contribution in [1.82, 2.24) is 0 Å². The third-order valence-electron chi connectivity index (χ3n) is 6.60. The summed E-state index contributed by atoms with van der Waals surface area (Å²) in [4.78, 5) is 0. The van der Waals surface area contributed by atoms with E-state index in [1.165, 1.54) is 44.6 Å². The Hall–Kier alpha value is -1.92. The summed E-state index contributed by atoms with van der Waals surface area (Å²) in [6.45, 7) is 5.04. The number of hydrogen-bond donors (Lipinski definition) is 0. The van der Waals surface area contributed by atoms with Crippen molar-refractivity contribution in [3.8, 4) is 0 Å². The summed E-state index contributed by atoms with van der Waals surface area (Å²) in [7, 11) is 0. The van der Waals surface area contributed by atoms with E-state index in [0.29, 0.717) is 13.6 Å². The van der Waals surface area contributed by atoms with Gasteiger partial charge in [0.25, 0.3) is 0 Å². The van der Waals surface area contributed by atoms with Gasteiger partial charge in [0.2, 0.25) is 13.6 Å². The third-order valence-corrected chi connectivity index (χ3v) is 8.18. The van der Waals surface area contributed by atoms with Gasteiger partial charge in [0, 0.05) is 12.8 Å². The first-order valence-electron chi connectivity index (χ1n) is 10.1. The molecule has 4 aliphatic carbocycles. The first kappa shape index (κ1) is 18.8. The van der Waals surface area contributed by atoms with E-state index in [1.54, 1.807) is 0 Å². The lowest BCUT2D eigenvalue weighted by Crippen LogP contribution is -2.04. The van der Waals surface area contributed by atoms with Crippen LogP contribution in [0.1, 0.15) is 39.5 Å². The monoisotopic (exact) mass is 530 g/mol. The molecule has 0 aromatic rings. The molecule has 0 atom stereocenters. The summed E-state index contributed by atoms with van der Waals surface area (Å²) >= 11 is 7.48. The highest BCUT2D eigenvalue weighted by molar-refractivity contribution is 9.12. The molecule has 0 saturated carbocycles. The Kier molecular flexibility index (Phi) is 4.26. The zero-order valence-electron chi connectivity index (χ0n) is 16.8. The van der Waals surface area contributed by atoms with Gasteiger partial charge in [-0.3, -0.25) is 0 Å². The Bertz CT molecular complexity index is 1080. The number of fused-ring (bicyclic) bond motifs is 2. The molecule has 2 heterocycles. The van der Waals surface area contributed by atoms with Gasteiger partial charge in [-0.05, 0) is 103 Å². The predicted octanol–water partition coefficient (Wildman–Crippen LogP) is 6.82. The summed E-state index contributed by atoms with van der Waals surface area (Å²) in [5.74, 6) is 3.62. The smallest absolute Gasteiger partial charge is 0.230 e. The molecule has 0 aromatic carbocycles. The topological polar surface area (TPSA) is 36.9 Å². The van der Waals surface area contributed by atoms with Gasteiger partial charge in [0.15, 0.2) is 11.5 Å². The van der Waals surface area contributed by atoms with Crippen LogP contribution in [0.5, 0.6) is 0 Å². The molecule has 0 spiro atoms. The molecule has 0 bridgehead atoms. The van der Waals surface area contributed by atoms with E-state index in [-0.39, 0.29) is 0 Å². The fourth-order valence-corrected chi connectivity index (χ4v) is 6.51. The van der Waals surface area contributed by atoms with Crippen molar-refractivity contribution < 1.29 is 18.9 Å². The van der Waals surface area contributed by atoms with Crippen molar-refractivity contribution in [3.63, 3.8) is 0 Å². The molecule has 30 heavy (non-hydrogen) atoms. The molecular weight excluding hydrogens is 512 g/mol. The summed E-state index contributed by atoms with van der Waals surface area (Å²) in [6, 6.07) is 0. The van der Waals surface area contributed by atoms with Crippen LogP contribution in [0.15, 0.2) is 88.7 Å². The second kappa shape index (κ2) is 6.79. The summed E-state index contributed by atoms with van der Waals surface area (Å²) in [5.41, 5.74) is 10.8. The average Bonchev–Trinajstić information content (AvgIpc) is 3.48. The van der Waals surface area contributed by atoms with E-state index in [0.717, 1.165) is 57.7 Å². The van der Waals surface area contributed by atoms with Gasteiger partial charge in [-0.1, -0.05) is 12.2 Å². The normalized spacial score (nSPS) is 24.4. The highest BCUT2D eigenvalue weighted by Crippen LogP contribution is 2.50. The van der Waals surface area contributed by atoms with E-state index in [1.807, 2.05) is 0 Å². The van der Waals surface area contributed by atoms with E-state index in [2.05, 4.69) is 57.9 Å². The van der Waals surface area contributed by atoms with Crippen LogP contribution in [0.25, 0.3) is 0 Å². The Balaban J connectivity index is 1.32. The second-order valence-corrected chi connectivity index (χ2v) is 9.78. The molecule has 154 valence electrons. The lowest BCUT2D eigenvalue weighted by atomic mass is 9.89. The SMILES string of the molecule is CC1=CC2=C(Br)C3=C(CC2=C1CCC1=C2CC4=C(OCO4)C(Br)=C2C=C1C)OCO3. The molecule has 0 unspecified atom stereocenters. The van der Waals surface area contributed by atoms with E-state index < -0.39 is 0 Å². The number of halogens is 2. The minimum Gasteiger partial charge on any atom is -0.458 e. The van der Waals surface area contributed by atoms with E-state index >= 15 is 0 Å². The molecule has 0 saturated heterocycles. The number of allylic oxidation sites excluding steroid dienone is 12. The molecule has 0 fully saturated rings. The standard InChI is InChI=1S/C24H20Br2O4/c1-11-5-17-15(7-19-23(21(17)25)29-9-27-19)13(11)3-4-14-12(2)6-18-16(14)8-20-24(22(18)26)30-10-28-20/h5-6H,3-4,7-10H2,1-2H3. The Morgan fingerprint density at radius 2 is 1.13 bits per heavy atom. The van der Waals surface area contributed by atoms with E-state index in [4.69, 9.17) is 18.9 Å². The zero-order valence-corrected chi connectivity index (χ0v) is 20.0. The second-order valence-electron chi connectivity index (χ2n) is 8.20. The molecule has 6 aliphatic rings. The van der Waals surface area contributed by atoms with Crippen LogP contribution in [0.2, 0.25) is 0 Å². The molecule has 0 aromatic heterocycles. The zero-order chi connectivity index (χ0) is 20.6. The Morgan fingerprint density at radius 3 is 1.57 bits per heavy atom. The number of hydrogen-bond acceptors (Lipinski definition) is 4. The summed E-state index contributed by atoms with van der Waals surface area (Å²) in [6.07, 6.45) is 8.17. The first-order valence-corrected chi connectivity index (χ1v) is 11.7. The highest BCUT2D eigenvalue weighted by atomic mass is 79.9. The largest absolute Gasteiger partial charge is 0.458 e. The van der Waals surface area contributed by atoms with Gasteiger partial charge >= 0.3 is 0 Å². The highest BCUT2D eigenvalue weighted by Gasteiger charge is 2.35. The molecule has 6 rings (SSSR count). The van der Waals surface area contributed by atoms with Gasteiger partial charge in [-0.2, -0.15) is 0 Å². The van der Waals surface area contributed by atoms with Gasteiger partial charge < -0.3 is 18.9 Å². The molecule has 2 aliphatic heterocycles. The molecule has 4 nitrogen and oxygen atoms in total. The third kappa shape index (κ3) is 2.62. The van der Waals surface area contributed by atoms with Crippen molar-refractivity contribution in [2.75, 3.05) is 13.6 Å². The summed E-state index contributed by atoms with van der Waals surface area (Å²) < 4.78 is 24.8. The number of rotatable bonds is 3. The van der Waals surface area contributed by atoms with Crippen molar-refractivity contribution in [3.05, 3.63) is 88.7 Å². The maximum atomic E-state index is 5.71. The van der Waals surface area contributed by atoms with Crippen molar-refractivity contribution in [2.24, 2.45) is 0 Å². The van der Waals surface area contributed by atoms with Crippen LogP contribution in [0.3, 0.4) is 0 Å². The van der Waals surface area contributed by atoms with Crippen LogP contribution >= 0.6 is 31.9 Å². The van der Waals surface area contributed by atoms with Crippen LogP contribution in [-0.2, 0) is 18.9 Å². The minimum absolute atomic E-state index is 0.312. The van der Waals surface area contributed by atoms with Crippen LogP contribution in [0.4, 0.5) is 0 Å². The van der Waals surface area contributed by atoms with Crippen molar-refractivity contribution in [2.45, 2.75) is 39.5 Å². The van der Waals surface area contributed by atoms with Gasteiger partial charge in [0.1, 0.15) is 11.5 Å². The van der Waals surface area contributed by atoms with Crippen LogP contribution < -0.4 is 0 Å². The lowest BCUT2D eigenvalue weighted by Gasteiger charge is -2.19. The average molecular weight is 532 g/mol. The fourth-order valence-electron chi connectivity index (χ4n) is 5.14. The molecule has 0 amide bonds. The van der Waals surface area contributed by atoms with Crippen molar-refractivity contribution >= 4 is 31.9 Å².